The first kappa shape index (κ1) is 17.1. The van der Waals surface area contributed by atoms with Crippen molar-refractivity contribution in [1.29, 1.82) is 0 Å². The van der Waals surface area contributed by atoms with Crippen molar-refractivity contribution in [3.8, 4) is 11.5 Å². The van der Waals surface area contributed by atoms with Crippen LogP contribution in [0.2, 0.25) is 0 Å². The second-order valence-electron chi connectivity index (χ2n) is 5.80. The van der Waals surface area contributed by atoms with Gasteiger partial charge in [0.1, 0.15) is 6.04 Å². The average molecular weight is 320 g/mol. The number of rotatable bonds is 6. The summed E-state index contributed by atoms with van der Waals surface area (Å²) in [5.74, 6) is 0.749. The fourth-order valence-electron chi connectivity index (χ4n) is 2.65. The van der Waals surface area contributed by atoms with Crippen LogP contribution in [0.5, 0.6) is 11.5 Å². The van der Waals surface area contributed by atoms with Gasteiger partial charge < -0.3 is 20.1 Å². The predicted octanol–water partition coefficient (Wildman–Crippen LogP) is 2.48. The molecule has 6 nitrogen and oxygen atoms in total. The van der Waals surface area contributed by atoms with E-state index < -0.39 is 6.04 Å². The topological polar surface area (TPSA) is 76.7 Å². The molecule has 1 atom stereocenters. The molecule has 2 rings (SSSR count). The minimum Gasteiger partial charge on any atom is -0.493 e. The quantitative estimate of drug-likeness (QED) is 0.844. The summed E-state index contributed by atoms with van der Waals surface area (Å²) in [5.41, 5.74) is 0.612. The number of nitrogens with one attached hydrogen (secondary N) is 2. The maximum Gasteiger partial charge on any atom is 0.246 e. The Hall–Kier alpha value is -2.24. The van der Waals surface area contributed by atoms with E-state index in [0.717, 1.165) is 12.8 Å². The SMILES string of the molecule is COc1ccc(NC(=O)[C@@H](C)NC(C)=O)cc1OC1CCCC1. The molecule has 0 bridgehead atoms. The summed E-state index contributed by atoms with van der Waals surface area (Å²) in [6.45, 7) is 3.01. The molecule has 0 heterocycles. The van der Waals surface area contributed by atoms with Crippen molar-refractivity contribution in [1.82, 2.24) is 5.32 Å². The molecule has 1 fully saturated rings. The molecule has 23 heavy (non-hydrogen) atoms. The zero-order valence-electron chi connectivity index (χ0n) is 13.8. The highest BCUT2D eigenvalue weighted by atomic mass is 16.5. The molecule has 1 aliphatic carbocycles. The van der Waals surface area contributed by atoms with Crippen molar-refractivity contribution >= 4 is 17.5 Å². The van der Waals surface area contributed by atoms with E-state index in [0.29, 0.717) is 17.2 Å². The first-order valence-corrected chi connectivity index (χ1v) is 7.92. The first-order valence-electron chi connectivity index (χ1n) is 7.92. The van der Waals surface area contributed by atoms with E-state index in [1.165, 1.54) is 19.8 Å². The van der Waals surface area contributed by atoms with Gasteiger partial charge in [-0.15, -0.1) is 0 Å². The van der Waals surface area contributed by atoms with Crippen LogP contribution in [-0.2, 0) is 9.59 Å². The van der Waals surface area contributed by atoms with E-state index in [4.69, 9.17) is 9.47 Å². The van der Waals surface area contributed by atoms with E-state index >= 15 is 0 Å². The molecule has 2 N–H and O–H groups in total. The maximum absolute atomic E-state index is 12.1. The molecular weight excluding hydrogens is 296 g/mol. The van der Waals surface area contributed by atoms with Crippen LogP contribution in [0.25, 0.3) is 0 Å². The maximum atomic E-state index is 12.1. The molecule has 1 aromatic rings. The Morgan fingerprint density at radius 1 is 1.22 bits per heavy atom. The van der Waals surface area contributed by atoms with E-state index in [9.17, 15) is 9.59 Å². The van der Waals surface area contributed by atoms with Crippen molar-refractivity contribution in [3.63, 3.8) is 0 Å². The number of carbonyl (C=O) groups is 2. The normalized spacial score (nSPS) is 15.8. The highest BCUT2D eigenvalue weighted by Gasteiger charge is 2.19. The van der Waals surface area contributed by atoms with Crippen molar-refractivity contribution in [3.05, 3.63) is 18.2 Å². The second kappa shape index (κ2) is 7.85. The number of ether oxygens (including phenoxy) is 2. The van der Waals surface area contributed by atoms with Crippen LogP contribution >= 0.6 is 0 Å². The lowest BCUT2D eigenvalue weighted by atomic mass is 10.2. The monoisotopic (exact) mass is 320 g/mol. The Labute approximate surface area is 136 Å². The van der Waals surface area contributed by atoms with Crippen LogP contribution in [0.4, 0.5) is 5.69 Å². The lowest BCUT2D eigenvalue weighted by Gasteiger charge is -2.18. The van der Waals surface area contributed by atoms with Crippen LogP contribution in [0.1, 0.15) is 39.5 Å². The minimum absolute atomic E-state index is 0.202. The van der Waals surface area contributed by atoms with Crippen LogP contribution in [-0.4, -0.2) is 31.1 Å². The van der Waals surface area contributed by atoms with E-state index in [1.54, 1.807) is 32.2 Å². The van der Waals surface area contributed by atoms with Crippen molar-refractivity contribution in [2.45, 2.75) is 51.7 Å². The minimum atomic E-state index is -0.603. The Kier molecular flexibility index (Phi) is 5.84. The molecule has 1 aromatic carbocycles. The number of hydrogen-bond donors (Lipinski definition) is 2. The lowest BCUT2D eigenvalue weighted by molar-refractivity contribution is -0.124. The Morgan fingerprint density at radius 3 is 2.52 bits per heavy atom. The van der Waals surface area contributed by atoms with Gasteiger partial charge in [0, 0.05) is 18.7 Å². The first-order chi connectivity index (χ1) is 11.0. The van der Waals surface area contributed by atoms with E-state index in [1.807, 2.05) is 0 Å². The number of methoxy groups -OCH3 is 1. The molecule has 0 aliphatic heterocycles. The van der Waals surface area contributed by atoms with Crippen molar-refractivity contribution in [2.24, 2.45) is 0 Å². The number of amides is 2. The standard InChI is InChI=1S/C17H24N2O4/c1-11(18-12(2)20)17(21)19-13-8-9-15(22-3)16(10-13)23-14-6-4-5-7-14/h8-11,14H,4-7H2,1-3H3,(H,18,20)(H,19,21)/t11-/m1/s1. The second-order valence-corrected chi connectivity index (χ2v) is 5.80. The van der Waals surface area contributed by atoms with E-state index in [-0.39, 0.29) is 17.9 Å². The summed E-state index contributed by atoms with van der Waals surface area (Å²) in [7, 11) is 1.59. The van der Waals surface area contributed by atoms with Gasteiger partial charge in [0.05, 0.1) is 13.2 Å². The summed E-state index contributed by atoms with van der Waals surface area (Å²) in [6, 6.07) is 4.67. The number of carbonyl (C=O) groups excluding carboxylic acids is 2. The zero-order valence-corrected chi connectivity index (χ0v) is 13.8. The molecule has 0 unspecified atom stereocenters. The predicted molar refractivity (Wildman–Crippen MR) is 87.8 cm³/mol. The third kappa shape index (κ3) is 4.87. The highest BCUT2D eigenvalue weighted by molar-refractivity contribution is 5.96. The molecular formula is C17H24N2O4. The molecule has 2 amide bonds. The van der Waals surface area contributed by atoms with Gasteiger partial charge in [-0.1, -0.05) is 0 Å². The summed E-state index contributed by atoms with van der Waals surface area (Å²) in [5, 5.41) is 5.33. The van der Waals surface area contributed by atoms with Crippen molar-refractivity contribution in [2.75, 3.05) is 12.4 Å². The van der Waals surface area contributed by atoms with E-state index in [2.05, 4.69) is 10.6 Å². The van der Waals surface area contributed by atoms with Gasteiger partial charge in [-0.25, -0.2) is 0 Å². The molecule has 1 aliphatic rings. The zero-order chi connectivity index (χ0) is 16.8. The fourth-order valence-corrected chi connectivity index (χ4v) is 2.65. The highest BCUT2D eigenvalue weighted by Crippen LogP contribution is 2.33. The Morgan fingerprint density at radius 2 is 1.91 bits per heavy atom. The lowest BCUT2D eigenvalue weighted by Crippen LogP contribution is -2.40. The van der Waals surface area contributed by atoms with Crippen LogP contribution in [0.3, 0.4) is 0 Å². The average Bonchev–Trinajstić information content (AvgIpc) is 3.00. The number of anilines is 1. The molecule has 0 saturated heterocycles. The number of benzene rings is 1. The van der Waals surface area contributed by atoms with Gasteiger partial charge in [-0.05, 0) is 44.7 Å². The fraction of sp³-hybridized carbons (Fsp3) is 0.529. The third-order valence-electron chi connectivity index (χ3n) is 3.84. The largest absolute Gasteiger partial charge is 0.493 e. The smallest absolute Gasteiger partial charge is 0.246 e. The summed E-state index contributed by atoms with van der Waals surface area (Å²) in [4.78, 5) is 23.1. The third-order valence-corrected chi connectivity index (χ3v) is 3.84. The molecule has 6 heteroatoms. The Balaban J connectivity index is 2.07. The van der Waals surface area contributed by atoms with Gasteiger partial charge in [-0.2, -0.15) is 0 Å². The van der Waals surface area contributed by atoms with Gasteiger partial charge in [-0.3, -0.25) is 9.59 Å². The molecule has 0 radical (unpaired) electrons. The van der Waals surface area contributed by atoms with Crippen LogP contribution in [0, 0.1) is 0 Å². The van der Waals surface area contributed by atoms with Crippen LogP contribution < -0.4 is 20.1 Å². The van der Waals surface area contributed by atoms with Gasteiger partial charge in [0.2, 0.25) is 11.8 Å². The molecule has 126 valence electrons. The Bertz CT molecular complexity index is 568. The van der Waals surface area contributed by atoms with Gasteiger partial charge in [0.25, 0.3) is 0 Å². The summed E-state index contributed by atoms with van der Waals surface area (Å²) in [6.07, 6.45) is 4.64. The summed E-state index contributed by atoms with van der Waals surface area (Å²) < 4.78 is 11.3. The molecule has 0 spiro atoms. The van der Waals surface area contributed by atoms with Gasteiger partial charge >= 0.3 is 0 Å². The number of hydrogen-bond acceptors (Lipinski definition) is 4. The molecule has 0 aromatic heterocycles. The summed E-state index contributed by atoms with van der Waals surface area (Å²) >= 11 is 0. The molecule has 1 saturated carbocycles. The van der Waals surface area contributed by atoms with Gasteiger partial charge in [0.15, 0.2) is 11.5 Å². The van der Waals surface area contributed by atoms with Crippen molar-refractivity contribution < 1.29 is 19.1 Å². The van der Waals surface area contributed by atoms with Crippen LogP contribution in [0.15, 0.2) is 18.2 Å².